The molecule has 0 spiro atoms. The molecule has 3 nitrogen and oxygen atoms in total. The van der Waals surface area contributed by atoms with Gasteiger partial charge in [-0.15, -0.1) is 5.92 Å². The van der Waals surface area contributed by atoms with Gasteiger partial charge in [0.2, 0.25) is 0 Å². The Kier molecular flexibility index (Phi) is 3.98. The number of ketones is 1. The molecule has 0 aromatic heterocycles. The van der Waals surface area contributed by atoms with Gasteiger partial charge in [0.1, 0.15) is 5.25 Å². The summed E-state index contributed by atoms with van der Waals surface area (Å²) < 4.78 is 21.7. The van der Waals surface area contributed by atoms with E-state index in [0.29, 0.717) is 0 Å². The lowest BCUT2D eigenvalue weighted by Crippen LogP contribution is -2.25. The van der Waals surface area contributed by atoms with Gasteiger partial charge in [0.15, 0.2) is 15.6 Å². The van der Waals surface area contributed by atoms with E-state index in [-0.39, 0.29) is 12.2 Å². The lowest BCUT2D eigenvalue weighted by molar-refractivity contribution is -0.117. The van der Waals surface area contributed by atoms with Crippen LogP contribution in [0.4, 0.5) is 0 Å². The predicted octanol–water partition coefficient (Wildman–Crippen LogP) is 0.402. The van der Waals surface area contributed by atoms with Gasteiger partial charge in [-0.05, 0) is 13.8 Å². The standard InChI is InChI=1S/C8H12O3S/c1-4-5-6-8(9)7(2)12(3,10)11/h7H,6H2,1-3H3. The Hall–Kier alpha value is -0.820. The predicted molar refractivity (Wildman–Crippen MR) is 47.4 cm³/mol. The van der Waals surface area contributed by atoms with Crippen LogP contribution < -0.4 is 0 Å². The first-order valence-corrected chi connectivity index (χ1v) is 5.46. The Labute approximate surface area is 73.1 Å². The summed E-state index contributed by atoms with van der Waals surface area (Å²) in [7, 11) is -3.25. The van der Waals surface area contributed by atoms with Crippen molar-refractivity contribution in [2.24, 2.45) is 0 Å². The highest BCUT2D eigenvalue weighted by molar-refractivity contribution is 7.92. The second-order valence-electron chi connectivity index (χ2n) is 2.54. The molecule has 0 radical (unpaired) electrons. The van der Waals surface area contributed by atoms with E-state index in [1.165, 1.54) is 6.92 Å². The minimum atomic E-state index is -3.25. The molecule has 68 valence electrons. The van der Waals surface area contributed by atoms with Crippen LogP contribution in [0.2, 0.25) is 0 Å². The molecule has 0 N–H and O–H groups in total. The van der Waals surface area contributed by atoms with Gasteiger partial charge in [-0.25, -0.2) is 8.42 Å². The van der Waals surface area contributed by atoms with E-state index in [1.807, 2.05) is 0 Å². The van der Waals surface area contributed by atoms with Crippen molar-refractivity contribution < 1.29 is 13.2 Å². The van der Waals surface area contributed by atoms with Gasteiger partial charge in [0, 0.05) is 6.26 Å². The highest BCUT2D eigenvalue weighted by Crippen LogP contribution is 2.01. The van der Waals surface area contributed by atoms with Crippen LogP contribution in [0.5, 0.6) is 0 Å². The van der Waals surface area contributed by atoms with Crippen molar-refractivity contribution in [3.8, 4) is 11.8 Å². The first kappa shape index (κ1) is 11.2. The number of hydrogen-bond acceptors (Lipinski definition) is 3. The van der Waals surface area contributed by atoms with Gasteiger partial charge in [-0.1, -0.05) is 5.92 Å². The second kappa shape index (κ2) is 4.27. The molecular formula is C8H12O3S. The number of rotatable bonds is 3. The molecule has 0 saturated heterocycles. The van der Waals surface area contributed by atoms with Crippen LogP contribution in [0.25, 0.3) is 0 Å². The summed E-state index contributed by atoms with van der Waals surface area (Å²) >= 11 is 0. The van der Waals surface area contributed by atoms with Crippen molar-refractivity contribution in [2.75, 3.05) is 6.26 Å². The van der Waals surface area contributed by atoms with Crippen LogP contribution in [-0.4, -0.2) is 25.7 Å². The zero-order valence-electron chi connectivity index (χ0n) is 7.42. The van der Waals surface area contributed by atoms with Crippen LogP contribution in [0.15, 0.2) is 0 Å². The summed E-state index contributed by atoms with van der Waals surface area (Å²) in [6.45, 7) is 2.99. The Bertz CT molecular complexity index is 316. The zero-order chi connectivity index (χ0) is 9.78. The average molecular weight is 188 g/mol. The van der Waals surface area contributed by atoms with Crippen LogP contribution in [0, 0.1) is 11.8 Å². The number of sulfone groups is 1. The maximum atomic E-state index is 11.1. The molecule has 4 heteroatoms. The van der Waals surface area contributed by atoms with Crippen molar-refractivity contribution in [1.29, 1.82) is 0 Å². The fourth-order valence-corrected chi connectivity index (χ4v) is 1.12. The third kappa shape index (κ3) is 3.54. The SMILES string of the molecule is CC#CCC(=O)C(C)S(C)(=O)=O. The molecule has 0 bridgehead atoms. The molecule has 0 aliphatic heterocycles. The monoisotopic (exact) mass is 188 g/mol. The van der Waals surface area contributed by atoms with Crippen LogP contribution in [0.3, 0.4) is 0 Å². The summed E-state index contributed by atoms with van der Waals surface area (Å²) in [5.41, 5.74) is 0. The number of carbonyl (C=O) groups excluding carboxylic acids is 1. The van der Waals surface area contributed by atoms with Crippen molar-refractivity contribution in [2.45, 2.75) is 25.5 Å². The first-order chi connectivity index (χ1) is 5.39. The molecule has 0 rings (SSSR count). The molecule has 1 unspecified atom stereocenters. The maximum absolute atomic E-state index is 11.1. The minimum absolute atomic E-state index is 0.0186. The highest BCUT2D eigenvalue weighted by atomic mass is 32.2. The van der Waals surface area contributed by atoms with Gasteiger partial charge in [-0.3, -0.25) is 4.79 Å². The van der Waals surface area contributed by atoms with Crippen molar-refractivity contribution in [3.05, 3.63) is 0 Å². The Morgan fingerprint density at radius 1 is 1.50 bits per heavy atom. The Morgan fingerprint density at radius 3 is 2.33 bits per heavy atom. The molecule has 1 atom stereocenters. The normalized spacial score (nSPS) is 12.9. The van der Waals surface area contributed by atoms with Crippen molar-refractivity contribution >= 4 is 15.6 Å². The third-order valence-corrected chi connectivity index (χ3v) is 3.08. The second-order valence-corrected chi connectivity index (χ2v) is 4.91. The number of carbonyl (C=O) groups is 1. The summed E-state index contributed by atoms with van der Waals surface area (Å²) in [5, 5.41) is -0.932. The van der Waals surface area contributed by atoms with E-state index < -0.39 is 15.1 Å². The van der Waals surface area contributed by atoms with Crippen LogP contribution >= 0.6 is 0 Å². The van der Waals surface area contributed by atoms with Crippen molar-refractivity contribution in [1.82, 2.24) is 0 Å². The van der Waals surface area contributed by atoms with Crippen molar-refractivity contribution in [3.63, 3.8) is 0 Å². The molecule has 0 aromatic rings. The lowest BCUT2D eigenvalue weighted by atomic mass is 10.2. The summed E-state index contributed by atoms with van der Waals surface area (Å²) in [5.74, 6) is 4.74. The lowest BCUT2D eigenvalue weighted by Gasteiger charge is -2.04. The molecule has 0 aliphatic carbocycles. The van der Waals surface area contributed by atoms with Gasteiger partial charge in [-0.2, -0.15) is 0 Å². The average Bonchev–Trinajstić information content (AvgIpc) is 1.97. The Morgan fingerprint density at radius 2 is 2.00 bits per heavy atom. The van der Waals surface area contributed by atoms with Crippen LogP contribution in [0.1, 0.15) is 20.3 Å². The van der Waals surface area contributed by atoms with Gasteiger partial charge in [0.05, 0.1) is 6.42 Å². The van der Waals surface area contributed by atoms with E-state index in [9.17, 15) is 13.2 Å². The fourth-order valence-electron chi connectivity index (χ4n) is 0.558. The molecule has 0 aromatic carbocycles. The van der Waals surface area contributed by atoms with Crippen LogP contribution in [-0.2, 0) is 14.6 Å². The number of hydrogen-bond donors (Lipinski definition) is 0. The topological polar surface area (TPSA) is 51.2 Å². The summed E-state index contributed by atoms with van der Waals surface area (Å²) in [4.78, 5) is 11.1. The molecule has 0 aliphatic rings. The van der Waals surface area contributed by atoms with E-state index in [0.717, 1.165) is 6.26 Å². The van der Waals surface area contributed by atoms with Gasteiger partial charge in [0.25, 0.3) is 0 Å². The molecule has 0 heterocycles. The Balaban J connectivity index is 4.38. The third-order valence-electron chi connectivity index (χ3n) is 1.54. The minimum Gasteiger partial charge on any atom is -0.297 e. The molecule has 0 saturated carbocycles. The fraction of sp³-hybridized carbons (Fsp3) is 0.625. The maximum Gasteiger partial charge on any atom is 0.162 e. The van der Waals surface area contributed by atoms with Gasteiger partial charge >= 0.3 is 0 Å². The molecule has 0 amide bonds. The molecule has 0 fully saturated rings. The zero-order valence-corrected chi connectivity index (χ0v) is 8.23. The smallest absolute Gasteiger partial charge is 0.162 e. The van der Waals surface area contributed by atoms with E-state index in [1.54, 1.807) is 6.92 Å². The first-order valence-electron chi connectivity index (χ1n) is 3.50. The summed E-state index contributed by atoms with van der Waals surface area (Å²) in [6, 6.07) is 0. The highest BCUT2D eigenvalue weighted by Gasteiger charge is 2.21. The van der Waals surface area contributed by atoms with E-state index in [4.69, 9.17) is 0 Å². The van der Waals surface area contributed by atoms with E-state index >= 15 is 0 Å². The number of Topliss-reactive ketones (excluding diaryl/α,β-unsaturated/α-hetero) is 1. The van der Waals surface area contributed by atoms with Gasteiger partial charge < -0.3 is 0 Å². The molecular weight excluding hydrogens is 176 g/mol. The summed E-state index contributed by atoms with van der Waals surface area (Å²) in [6.07, 6.45) is 1.07. The largest absolute Gasteiger partial charge is 0.297 e. The van der Waals surface area contributed by atoms with E-state index in [2.05, 4.69) is 11.8 Å². The molecule has 12 heavy (non-hydrogen) atoms. The quantitative estimate of drug-likeness (QED) is 0.602.